The maximum absolute atomic E-state index is 11.7. The van der Waals surface area contributed by atoms with Crippen LogP contribution in [0.1, 0.15) is 12.0 Å². The van der Waals surface area contributed by atoms with E-state index in [0.29, 0.717) is 26.1 Å². The van der Waals surface area contributed by atoms with E-state index >= 15 is 0 Å². The van der Waals surface area contributed by atoms with Crippen LogP contribution in [0.5, 0.6) is 0 Å². The van der Waals surface area contributed by atoms with E-state index in [4.69, 9.17) is 10.5 Å². The van der Waals surface area contributed by atoms with Gasteiger partial charge in [0.25, 0.3) is 0 Å². The number of nitrogens with zero attached hydrogens (tertiary/aromatic N) is 1. The zero-order chi connectivity index (χ0) is 14.2. The van der Waals surface area contributed by atoms with Crippen molar-refractivity contribution < 1.29 is 9.53 Å². The van der Waals surface area contributed by atoms with Gasteiger partial charge in [0.2, 0.25) is 5.91 Å². The van der Waals surface area contributed by atoms with E-state index in [2.05, 4.69) is 22.3 Å². The lowest BCUT2D eigenvalue weighted by Gasteiger charge is -2.32. The van der Waals surface area contributed by atoms with Crippen LogP contribution < -0.4 is 11.1 Å². The average molecular weight is 350 g/mol. The second kappa shape index (κ2) is 11.7. The van der Waals surface area contributed by atoms with E-state index in [0.717, 1.165) is 19.6 Å². The first-order valence-electron chi connectivity index (χ1n) is 7.12. The summed E-state index contributed by atoms with van der Waals surface area (Å²) in [6.45, 7) is 4.30. The molecule has 1 amide bonds. The molecule has 0 saturated carbocycles. The van der Waals surface area contributed by atoms with Gasteiger partial charge in [0, 0.05) is 32.7 Å². The second-order valence-electron chi connectivity index (χ2n) is 5.06. The summed E-state index contributed by atoms with van der Waals surface area (Å²) in [7, 11) is 0. The summed E-state index contributed by atoms with van der Waals surface area (Å²) in [5.41, 5.74) is 6.66. The standard InChI is InChI=1S/C15H23N3O2.2ClH/c16-6-7-17-15(19)10-14-12-18(8-9-20-14)11-13-4-2-1-3-5-13;;/h1-5,14H,6-12,16H2,(H,17,19);2*1H. The lowest BCUT2D eigenvalue weighted by atomic mass is 10.1. The van der Waals surface area contributed by atoms with Gasteiger partial charge in [-0.3, -0.25) is 9.69 Å². The molecule has 1 aliphatic rings. The van der Waals surface area contributed by atoms with Gasteiger partial charge < -0.3 is 15.8 Å². The highest BCUT2D eigenvalue weighted by Gasteiger charge is 2.22. The molecule has 7 heteroatoms. The fourth-order valence-corrected chi connectivity index (χ4v) is 2.38. The summed E-state index contributed by atoms with van der Waals surface area (Å²) in [4.78, 5) is 14.0. The first kappa shape index (κ1) is 21.1. The van der Waals surface area contributed by atoms with Gasteiger partial charge in [0.1, 0.15) is 0 Å². The molecule has 1 aromatic carbocycles. The minimum Gasteiger partial charge on any atom is -0.375 e. The number of nitrogens with two attached hydrogens (primary N) is 1. The molecule has 0 radical (unpaired) electrons. The van der Waals surface area contributed by atoms with Crippen molar-refractivity contribution in [3.05, 3.63) is 35.9 Å². The zero-order valence-corrected chi connectivity index (χ0v) is 14.2. The Morgan fingerprint density at radius 1 is 1.32 bits per heavy atom. The number of hydrogen-bond acceptors (Lipinski definition) is 4. The van der Waals surface area contributed by atoms with Crippen molar-refractivity contribution in [3.8, 4) is 0 Å². The quantitative estimate of drug-likeness (QED) is 0.809. The Bertz CT molecular complexity index is 421. The van der Waals surface area contributed by atoms with Crippen LogP contribution in [0.25, 0.3) is 0 Å². The minimum atomic E-state index is -0.0229. The first-order chi connectivity index (χ1) is 9.78. The minimum absolute atomic E-state index is 0. The fourth-order valence-electron chi connectivity index (χ4n) is 2.38. The van der Waals surface area contributed by atoms with E-state index in [1.807, 2.05) is 18.2 Å². The molecule has 1 aromatic rings. The molecule has 1 atom stereocenters. The van der Waals surface area contributed by atoms with Gasteiger partial charge >= 0.3 is 0 Å². The Labute approximate surface area is 144 Å². The number of nitrogens with one attached hydrogen (secondary N) is 1. The first-order valence-corrected chi connectivity index (χ1v) is 7.12. The third kappa shape index (κ3) is 7.42. The highest BCUT2D eigenvalue weighted by atomic mass is 35.5. The molecule has 0 spiro atoms. The number of carbonyl (C=O) groups is 1. The largest absolute Gasteiger partial charge is 0.375 e. The summed E-state index contributed by atoms with van der Waals surface area (Å²) in [6.07, 6.45) is 0.385. The molecule has 0 aliphatic carbocycles. The monoisotopic (exact) mass is 349 g/mol. The van der Waals surface area contributed by atoms with Crippen LogP contribution in [0.3, 0.4) is 0 Å². The molecule has 1 heterocycles. The number of carbonyl (C=O) groups excluding carboxylic acids is 1. The van der Waals surface area contributed by atoms with Crippen molar-refractivity contribution in [1.29, 1.82) is 0 Å². The number of hydrogen-bond donors (Lipinski definition) is 2. The number of rotatable bonds is 6. The van der Waals surface area contributed by atoms with Crippen LogP contribution in [0.4, 0.5) is 0 Å². The van der Waals surface area contributed by atoms with Crippen LogP contribution >= 0.6 is 24.8 Å². The van der Waals surface area contributed by atoms with Crippen molar-refractivity contribution in [1.82, 2.24) is 10.2 Å². The van der Waals surface area contributed by atoms with Crippen LogP contribution in [-0.4, -0.2) is 49.7 Å². The van der Waals surface area contributed by atoms with Gasteiger partial charge in [-0.2, -0.15) is 0 Å². The number of halogens is 2. The fraction of sp³-hybridized carbons (Fsp3) is 0.533. The maximum Gasteiger partial charge on any atom is 0.222 e. The van der Waals surface area contributed by atoms with Crippen LogP contribution in [0.15, 0.2) is 30.3 Å². The number of ether oxygens (including phenoxy) is 1. The van der Waals surface area contributed by atoms with Crippen LogP contribution in [0, 0.1) is 0 Å². The molecule has 5 nitrogen and oxygen atoms in total. The Morgan fingerprint density at radius 2 is 2.05 bits per heavy atom. The third-order valence-electron chi connectivity index (χ3n) is 3.35. The van der Waals surface area contributed by atoms with E-state index in [9.17, 15) is 4.79 Å². The maximum atomic E-state index is 11.7. The molecular formula is C15H25Cl2N3O2. The molecule has 1 aliphatic heterocycles. The zero-order valence-electron chi connectivity index (χ0n) is 12.6. The van der Waals surface area contributed by atoms with Crippen molar-refractivity contribution >= 4 is 30.7 Å². The van der Waals surface area contributed by atoms with E-state index < -0.39 is 0 Å². The van der Waals surface area contributed by atoms with Crippen molar-refractivity contribution in [3.63, 3.8) is 0 Å². The summed E-state index contributed by atoms with van der Waals surface area (Å²) < 4.78 is 5.66. The molecule has 1 saturated heterocycles. The lowest BCUT2D eigenvalue weighted by molar-refractivity contribution is -0.126. The van der Waals surface area contributed by atoms with E-state index in [-0.39, 0.29) is 36.8 Å². The van der Waals surface area contributed by atoms with Crippen molar-refractivity contribution in [2.45, 2.75) is 19.1 Å². The van der Waals surface area contributed by atoms with Gasteiger partial charge in [-0.1, -0.05) is 30.3 Å². The Kier molecular flexibility index (Phi) is 11.2. The normalized spacial score (nSPS) is 18.0. The average Bonchev–Trinajstić information content (AvgIpc) is 2.46. The number of morpholine rings is 1. The predicted octanol–water partition coefficient (Wildman–Crippen LogP) is 1.20. The van der Waals surface area contributed by atoms with E-state index in [1.165, 1.54) is 5.56 Å². The molecule has 2 rings (SSSR count). The molecule has 1 fully saturated rings. The summed E-state index contributed by atoms with van der Waals surface area (Å²) in [6, 6.07) is 10.4. The SMILES string of the molecule is Cl.Cl.NCCNC(=O)CC1CN(Cc2ccccc2)CCO1. The summed E-state index contributed by atoms with van der Waals surface area (Å²) in [5, 5.41) is 2.78. The van der Waals surface area contributed by atoms with Crippen LogP contribution in [-0.2, 0) is 16.1 Å². The molecule has 126 valence electrons. The van der Waals surface area contributed by atoms with Crippen molar-refractivity contribution in [2.75, 3.05) is 32.8 Å². The Balaban J connectivity index is 0.00000220. The van der Waals surface area contributed by atoms with Crippen molar-refractivity contribution in [2.24, 2.45) is 5.73 Å². The topological polar surface area (TPSA) is 67.6 Å². The summed E-state index contributed by atoms with van der Waals surface area (Å²) >= 11 is 0. The molecular weight excluding hydrogens is 325 g/mol. The Hall–Kier alpha value is -0.850. The molecule has 1 unspecified atom stereocenters. The highest BCUT2D eigenvalue weighted by Crippen LogP contribution is 2.12. The molecule has 0 bridgehead atoms. The molecule has 0 aromatic heterocycles. The van der Waals surface area contributed by atoms with Gasteiger partial charge in [0.15, 0.2) is 0 Å². The number of amides is 1. The Morgan fingerprint density at radius 3 is 2.73 bits per heavy atom. The molecule has 3 N–H and O–H groups in total. The third-order valence-corrected chi connectivity index (χ3v) is 3.35. The highest BCUT2D eigenvalue weighted by molar-refractivity contribution is 5.85. The van der Waals surface area contributed by atoms with Gasteiger partial charge in [0.05, 0.1) is 19.1 Å². The van der Waals surface area contributed by atoms with Gasteiger partial charge in [-0.05, 0) is 5.56 Å². The lowest BCUT2D eigenvalue weighted by Crippen LogP contribution is -2.44. The molecule has 22 heavy (non-hydrogen) atoms. The van der Waals surface area contributed by atoms with Gasteiger partial charge in [-0.15, -0.1) is 24.8 Å². The van der Waals surface area contributed by atoms with Crippen LogP contribution in [0.2, 0.25) is 0 Å². The number of benzene rings is 1. The predicted molar refractivity (Wildman–Crippen MR) is 92.6 cm³/mol. The second-order valence-corrected chi connectivity index (χ2v) is 5.06. The van der Waals surface area contributed by atoms with Gasteiger partial charge in [-0.25, -0.2) is 0 Å². The summed E-state index contributed by atoms with van der Waals surface area (Å²) in [5.74, 6) is 0.0158. The van der Waals surface area contributed by atoms with E-state index in [1.54, 1.807) is 0 Å². The smallest absolute Gasteiger partial charge is 0.222 e.